The lowest BCUT2D eigenvalue weighted by Gasteiger charge is -2.35. The molecule has 0 spiro atoms. The van der Waals surface area contributed by atoms with E-state index in [1.165, 1.54) is 25.7 Å². The number of ether oxygens (including phenoxy) is 3. The highest BCUT2D eigenvalue weighted by atomic mass is 16.5. The largest absolute Gasteiger partial charge is 0.491 e. The predicted molar refractivity (Wildman–Crippen MR) is 132 cm³/mol. The van der Waals surface area contributed by atoms with Gasteiger partial charge in [-0.1, -0.05) is 6.92 Å². The Kier molecular flexibility index (Phi) is 9.31. The van der Waals surface area contributed by atoms with Crippen LogP contribution in [-0.4, -0.2) is 97.2 Å². The van der Waals surface area contributed by atoms with Crippen molar-refractivity contribution in [1.29, 1.82) is 0 Å². The Morgan fingerprint density at radius 1 is 1.19 bits per heavy atom. The molecule has 2 aromatic rings. The summed E-state index contributed by atoms with van der Waals surface area (Å²) < 4.78 is 16.6. The van der Waals surface area contributed by atoms with Crippen molar-refractivity contribution in [3.05, 3.63) is 48.0 Å². The summed E-state index contributed by atoms with van der Waals surface area (Å²) in [6, 6.07) is 4.51. The molecule has 0 saturated heterocycles. The summed E-state index contributed by atoms with van der Waals surface area (Å²) in [5, 5.41) is 2.71. The molecule has 11 heteroatoms. The fourth-order valence-electron chi connectivity index (χ4n) is 4.02. The average molecular weight is 500 g/mol. The number of likely N-dealkylation sites (N-methyl/N-ethyl adjacent to an activating group) is 1. The van der Waals surface area contributed by atoms with Crippen molar-refractivity contribution in [2.24, 2.45) is 5.92 Å². The van der Waals surface area contributed by atoms with Crippen molar-refractivity contribution in [3.8, 4) is 5.75 Å². The molecule has 0 bridgehead atoms. The van der Waals surface area contributed by atoms with Crippen LogP contribution in [0.5, 0.6) is 5.75 Å². The molecule has 3 atom stereocenters. The van der Waals surface area contributed by atoms with Crippen LogP contribution >= 0.6 is 0 Å². The molecular formula is C25H33N5O6. The second-order valence-electron chi connectivity index (χ2n) is 8.84. The number of hydrogen-bond donors (Lipinski definition) is 1. The van der Waals surface area contributed by atoms with Gasteiger partial charge in [-0.05, 0) is 25.1 Å². The van der Waals surface area contributed by atoms with Crippen molar-refractivity contribution in [2.45, 2.75) is 26.0 Å². The van der Waals surface area contributed by atoms with E-state index in [4.69, 9.17) is 14.2 Å². The van der Waals surface area contributed by atoms with Crippen LogP contribution in [0.3, 0.4) is 0 Å². The zero-order valence-corrected chi connectivity index (χ0v) is 21.3. The predicted octanol–water partition coefficient (Wildman–Crippen LogP) is 1.71. The summed E-state index contributed by atoms with van der Waals surface area (Å²) in [5.74, 6) is -0.640. The smallest absolute Gasteiger partial charge is 0.274 e. The number of aromatic nitrogens is 2. The Hall–Kier alpha value is -3.57. The van der Waals surface area contributed by atoms with E-state index < -0.39 is 0 Å². The lowest BCUT2D eigenvalue weighted by molar-refractivity contribution is -0.119. The maximum Gasteiger partial charge on any atom is 0.274 e. The Bertz CT molecular complexity index is 1070. The van der Waals surface area contributed by atoms with Crippen LogP contribution < -0.4 is 10.1 Å². The number of nitrogens with one attached hydrogen (secondary N) is 1. The summed E-state index contributed by atoms with van der Waals surface area (Å²) in [4.78, 5) is 50.2. The van der Waals surface area contributed by atoms with Gasteiger partial charge < -0.3 is 29.3 Å². The molecule has 0 unspecified atom stereocenters. The topological polar surface area (TPSA) is 123 Å². The van der Waals surface area contributed by atoms with Crippen LogP contribution in [0, 0.1) is 5.92 Å². The molecule has 3 amide bonds. The van der Waals surface area contributed by atoms with Crippen molar-refractivity contribution in [1.82, 2.24) is 19.8 Å². The average Bonchev–Trinajstić information content (AvgIpc) is 2.88. The number of nitrogens with zero attached hydrogens (tertiary/aromatic N) is 4. The second-order valence-corrected chi connectivity index (χ2v) is 8.84. The summed E-state index contributed by atoms with van der Waals surface area (Å²) in [5.41, 5.74) is 0.967. The first-order valence-corrected chi connectivity index (χ1v) is 11.7. The quantitative estimate of drug-likeness (QED) is 0.660. The highest BCUT2D eigenvalue weighted by Crippen LogP contribution is 2.26. The molecule has 1 N–H and O–H groups in total. The number of carbonyl (C=O) groups is 3. The minimum atomic E-state index is -0.347. The number of anilines is 1. The van der Waals surface area contributed by atoms with Crippen LogP contribution in [0.15, 0.2) is 36.8 Å². The van der Waals surface area contributed by atoms with E-state index in [1.54, 1.807) is 42.2 Å². The van der Waals surface area contributed by atoms with E-state index in [-0.39, 0.29) is 66.8 Å². The van der Waals surface area contributed by atoms with E-state index in [0.29, 0.717) is 18.0 Å². The van der Waals surface area contributed by atoms with Gasteiger partial charge in [-0.2, -0.15) is 0 Å². The third-order valence-electron chi connectivity index (χ3n) is 6.05. The van der Waals surface area contributed by atoms with Gasteiger partial charge in [0.2, 0.25) is 5.91 Å². The van der Waals surface area contributed by atoms with Crippen molar-refractivity contribution in [3.63, 3.8) is 0 Å². The molecule has 36 heavy (non-hydrogen) atoms. The standard InChI is InChI=1S/C25H33N5O6/c1-16-12-30(25(33)20-11-26-8-9-27-20)17(2)14-36-21-7-6-18(28-23(31)15-34-4)10-19(21)24(32)29(3)13-22(16)35-5/h6-11,16-17,22H,12-15H2,1-5H3,(H,28,31)/t16-,17+,22+/m0/s1. The van der Waals surface area contributed by atoms with Crippen molar-refractivity contribution < 1.29 is 28.6 Å². The first kappa shape index (κ1) is 27.0. The van der Waals surface area contributed by atoms with Gasteiger partial charge in [0.25, 0.3) is 11.8 Å². The molecule has 1 aromatic carbocycles. The molecule has 0 fully saturated rings. The Balaban J connectivity index is 1.96. The number of fused-ring (bicyclic) bond motifs is 1. The lowest BCUT2D eigenvalue weighted by Crippen LogP contribution is -2.48. The van der Waals surface area contributed by atoms with E-state index >= 15 is 0 Å². The first-order valence-electron chi connectivity index (χ1n) is 11.7. The van der Waals surface area contributed by atoms with E-state index in [2.05, 4.69) is 15.3 Å². The fraction of sp³-hybridized carbons (Fsp3) is 0.480. The van der Waals surface area contributed by atoms with Gasteiger partial charge in [0.05, 0.1) is 23.9 Å². The minimum Gasteiger partial charge on any atom is -0.491 e. The van der Waals surface area contributed by atoms with Crippen LogP contribution in [0.2, 0.25) is 0 Å². The summed E-state index contributed by atoms with van der Waals surface area (Å²) in [6.07, 6.45) is 4.09. The monoisotopic (exact) mass is 499 g/mol. The lowest BCUT2D eigenvalue weighted by atomic mass is 10.0. The van der Waals surface area contributed by atoms with E-state index in [1.807, 2.05) is 13.8 Å². The number of benzene rings is 1. The molecule has 1 aromatic heterocycles. The van der Waals surface area contributed by atoms with Crippen LogP contribution in [0.25, 0.3) is 0 Å². The van der Waals surface area contributed by atoms with Gasteiger partial charge in [0.15, 0.2) is 0 Å². The number of rotatable bonds is 5. The maximum absolute atomic E-state index is 13.4. The van der Waals surface area contributed by atoms with Gasteiger partial charge in [0, 0.05) is 58.4 Å². The molecule has 3 rings (SSSR count). The molecule has 0 aliphatic carbocycles. The van der Waals surface area contributed by atoms with Gasteiger partial charge in [-0.15, -0.1) is 0 Å². The van der Waals surface area contributed by atoms with Crippen LogP contribution in [0.1, 0.15) is 34.7 Å². The van der Waals surface area contributed by atoms with Gasteiger partial charge in [-0.25, -0.2) is 4.98 Å². The van der Waals surface area contributed by atoms with Gasteiger partial charge >= 0.3 is 0 Å². The molecule has 11 nitrogen and oxygen atoms in total. The molecule has 194 valence electrons. The van der Waals surface area contributed by atoms with E-state index in [0.717, 1.165) is 0 Å². The highest BCUT2D eigenvalue weighted by molar-refractivity contribution is 5.99. The summed E-state index contributed by atoms with van der Waals surface area (Å²) in [6.45, 7) is 4.54. The molecule has 0 radical (unpaired) electrons. The van der Waals surface area contributed by atoms with Gasteiger partial charge in [-0.3, -0.25) is 19.4 Å². The Morgan fingerprint density at radius 2 is 1.97 bits per heavy atom. The summed E-state index contributed by atoms with van der Waals surface area (Å²) in [7, 11) is 4.69. The highest BCUT2D eigenvalue weighted by Gasteiger charge is 2.31. The number of methoxy groups -OCH3 is 2. The van der Waals surface area contributed by atoms with Crippen LogP contribution in [0.4, 0.5) is 5.69 Å². The third kappa shape index (κ3) is 6.55. The Morgan fingerprint density at radius 3 is 2.64 bits per heavy atom. The first-order chi connectivity index (χ1) is 17.2. The maximum atomic E-state index is 13.4. The van der Waals surface area contributed by atoms with Crippen molar-refractivity contribution in [2.75, 3.05) is 52.9 Å². The van der Waals surface area contributed by atoms with Crippen molar-refractivity contribution >= 4 is 23.4 Å². The molecular weight excluding hydrogens is 466 g/mol. The molecule has 2 heterocycles. The molecule has 0 saturated carbocycles. The van der Waals surface area contributed by atoms with Crippen LogP contribution in [-0.2, 0) is 14.3 Å². The number of hydrogen-bond acceptors (Lipinski definition) is 8. The zero-order valence-electron chi connectivity index (χ0n) is 21.3. The third-order valence-corrected chi connectivity index (χ3v) is 6.05. The number of amides is 3. The van der Waals surface area contributed by atoms with Gasteiger partial charge in [0.1, 0.15) is 24.7 Å². The summed E-state index contributed by atoms with van der Waals surface area (Å²) >= 11 is 0. The number of carbonyl (C=O) groups excluding carboxylic acids is 3. The fourth-order valence-corrected chi connectivity index (χ4v) is 4.02. The molecule has 1 aliphatic heterocycles. The SMILES string of the molecule is COCC(=O)Nc1ccc2c(c1)C(=O)N(C)C[C@@H](OC)[C@@H](C)CN(C(=O)c1cnccn1)[C@H](C)CO2. The van der Waals surface area contributed by atoms with E-state index in [9.17, 15) is 14.4 Å². The zero-order chi connectivity index (χ0) is 26.2. The second kappa shape index (κ2) is 12.4. The Labute approximate surface area is 210 Å². The molecule has 1 aliphatic rings. The minimum absolute atomic E-state index is 0.105. The normalized spacial score (nSPS) is 21.0.